The van der Waals surface area contributed by atoms with Gasteiger partial charge >= 0.3 is 0 Å². The van der Waals surface area contributed by atoms with Gasteiger partial charge in [-0.15, -0.1) is 5.10 Å². The Balaban J connectivity index is 2.01. The van der Waals surface area contributed by atoms with Crippen molar-refractivity contribution in [3.63, 3.8) is 0 Å². The van der Waals surface area contributed by atoms with Crippen LogP contribution in [0.1, 0.15) is 6.04 Å². The number of hydrogen-bond acceptors (Lipinski definition) is 5. The highest BCUT2D eigenvalue weighted by atomic mass is 15.5. The van der Waals surface area contributed by atoms with Crippen LogP contribution in [0.5, 0.6) is 0 Å². The van der Waals surface area contributed by atoms with E-state index in [1.807, 2.05) is 4.68 Å². The van der Waals surface area contributed by atoms with Crippen molar-refractivity contribution in [2.24, 2.45) is 0 Å². The van der Waals surface area contributed by atoms with Crippen LogP contribution in [-0.2, 0) is 0 Å². The van der Waals surface area contributed by atoms with Crippen molar-refractivity contribution in [2.75, 3.05) is 13.1 Å². The monoisotopic (exact) mass is 202 g/mol. The predicted octanol–water partition coefficient (Wildman–Crippen LogP) is -0.121. The van der Waals surface area contributed by atoms with Gasteiger partial charge < -0.3 is 5.32 Å². The molecule has 3 heterocycles. The molecular weight excluding hydrogens is 192 g/mol. The summed E-state index contributed by atoms with van der Waals surface area (Å²) in [6.45, 7) is 1.87. The third kappa shape index (κ3) is 1.39. The fraction of sp³-hybridized carbons (Fsp3) is 0.333. The fourth-order valence-electron chi connectivity index (χ4n) is 1.55. The quantitative estimate of drug-likeness (QED) is 0.735. The van der Waals surface area contributed by atoms with E-state index in [4.69, 9.17) is 0 Å². The number of nitrogens with zero attached hydrogens (tertiary/aromatic N) is 5. The molecular formula is C9H10N6. The molecule has 1 saturated heterocycles. The Labute approximate surface area is 86.4 Å². The van der Waals surface area contributed by atoms with Gasteiger partial charge in [-0.3, -0.25) is 0 Å². The number of hydrogen-bond donors (Lipinski definition) is 1. The molecule has 0 unspecified atom stereocenters. The molecule has 0 aliphatic carbocycles. The Morgan fingerprint density at radius 1 is 1.27 bits per heavy atom. The highest BCUT2D eigenvalue weighted by Crippen LogP contribution is 2.18. The van der Waals surface area contributed by atoms with Crippen LogP contribution in [0.2, 0.25) is 0 Å². The minimum atomic E-state index is 0.381. The summed E-state index contributed by atoms with van der Waals surface area (Å²) in [6.07, 6.45) is 5.14. The van der Waals surface area contributed by atoms with Crippen LogP contribution < -0.4 is 5.32 Å². The summed E-state index contributed by atoms with van der Waals surface area (Å²) in [4.78, 5) is 8.38. The molecule has 1 N–H and O–H groups in total. The maximum absolute atomic E-state index is 4.19. The first-order valence-electron chi connectivity index (χ1n) is 4.83. The zero-order valence-electron chi connectivity index (χ0n) is 8.04. The molecule has 0 spiro atoms. The van der Waals surface area contributed by atoms with Gasteiger partial charge in [0.1, 0.15) is 5.69 Å². The molecule has 2 aromatic heterocycles. The molecule has 1 aliphatic rings. The lowest BCUT2D eigenvalue weighted by Crippen LogP contribution is -2.44. The van der Waals surface area contributed by atoms with Gasteiger partial charge in [-0.2, -0.15) is 0 Å². The van der Waals surface area contributed by atoms with Crippen molar-refractivity contribution in [1.29, 1.82) is 0 Å². The van der Waals surface area contributed by atoms with Crippen molar-refractivity contribution in [3.8, 4) is 11.5 Å². The third-order valence-corrected chi connectivity index (χ3v) is 2.48. The first-order valence-corrected chi connectivity index (χ1v) is 4.83. The standard InChI is InChI=1S/C9H10N6/c1-2-11-9(12-3-1)8-6-13-14-15(8)7-4-10-5-7/h1-3,6-7,10H,4-5H2. The van der Waals surface area contributed by atoms with Crippen LogP contribution >= 0.6 is 0 Å². The highest BCUT2D eigenvalue weighted by Gasteiger charge is 2.23. The Kier molecular flexibility index (Phi) is 1.92. The van der Waals surface area contributed by atoms with Crippen molar-refractivity contribution < 1.29 is 0 Å². The van der Waals surface area contributed by atoms with Crippen LogP contribution in [-0.4, -0.2) is 38.1 Å². The van der Waals surface area contributed by atoms with Gasteiger partial charge in [-0.05, 0) is 6.07 Å². The third-order valence-electron chi connectivity index (χ3n) is 2.48. The molecule has 6 nitrogen and oxygen atoms in total. The Bertz CT molecular complexity index is 447. The molecule has 0 atom stereocenters. The fourth-order valence-corrected chi connectivity index (χ4v) is 1.55. The van der Waals surface area contributed by atoms with Gasteiger partial charge in [-0.1, -0.05) is 5.21 Å². The summed E-state index contributed by atoms with van der Waals surface area (Å²) < 4.78 is 1.88. The van der Waals surface area contributed by atoms with Gasteiger partial charge in [0.15, 0.2) is 5.82 Å². The summed E-state index contributed by atoms with van der Waals surface area (Å²) in [7, 11) is 0. The summed E-state index contributed by atoms with van der Waals surface area (Å²) in [6, 6.07) is 2.18. The van der Waals surface area contributed by atoms with Gasteiger partial charge in [0.05, 0.1) is 12.2 Å². The lowest BCUT2D eigenvalue weighted by atomic mass is 10.2. The van der Waals surface area contributed by atoms with Crippen molar-refractivity contribution in [1.82, 2.24) is 30.3 Å². The second-order valence-electron chi connectivity index (χ2n) is 3.45. The zero-order valence-corrected chi connectivity index (χ0v) is 8.04. The van der Waals surface area contributed by atoms with E-state index in [2.05, 4.69) is 25.6 Å². The number of nitrogens with one attached hydrogen (secondary N) is 1. The average Bonchev–Trinajstić information content (AvgIpc) is 2.65. The molecule has 1 aliphatic heterocycles. The molecule has 2 aromatic rings. The highest BCUT2D eigenvalue weighted by molar-refractivity contribution is 5.47. The second-order valence-corrected chi connectivity index (χ2v) is 3.45. The molecule has 15 heavy (non-hydrogen) atoms. The first kappa shape index (κ1) is 8.49. The molecule has 1 fully saturated rings. The van der Waals surface area contributed by atoms with Crippen LogP contribution in [0, 0.1) is 0 Å². The summed E-state index contributed by atoms with van der Waals surface area (Å²) >= 11 is 0. The maximum atomic E-state index is 4.19. The lowest BCUT2D eigenvalue weighted by Gasteiger charge is -2.27. The van der Waals surface area contributed by atoms with Crippen LogP contribution in [0.25, 0.3) is 11.5 Å². The van der Waals surface area contributed by atoms with Crippen molar-refractivity contribution in [3.05, 3.63) is 24.7 Å². The van der Waals surface area contributed by atoms with E-state index >= 15 is 0 Å². The van der Waals surface area contributed by atoms with Crippen LogP contribution in [0.3, 0.4) is 0 Å². The molecule has 76 valence electrons. The van der Waals surface area contributed by atoms with Crippen LogP contribution in [0.4, 0.5) is 0 Å². The SMILES string of the molecule is c1cnc(-c2cnnn2C2CNC2)nc1. The van der Waals surface area contributed by atoms with E-state index in [1.165, 1.54) is 0 Å². The summed E-state index contributed by atoms with van der Waals surface area (Å²) in [5.74, 6) is 0.675. The molecule has 6 heteroatoms. The van der Waals surface area contributed by atoms with E-state index in [-0.39, 0.29) is 0 Å². The van der Waals surface area contributed by atoms with Gasteiger partial charge in [0, 0.05) is 25.5 Å². The Hall–Kier alpha value is -1.82. The summed E-state index contributed by atoms with van der Waals surface area (Å²) in [5.41, 5.74) is 0.877. The largest absolute Gasteiger partial charge is 0.312 e. The van der Waals surface area contributed by atoms with E-state index in [9.17, 15) is 0 Å². The molecule has 0 saturated carbocycles. The molecule has 0 amide bonds. The topological polar surface area (TPSA) is 68.5 Å². The van der Waals surface area contributed by atoms with E-state index in [0.717, 1.165) is 18.8 Å². The first-order chi connectivity index (χ1) is 7.45. The molecule has 0 aromatic carbocycles. The van der Waals surface area contributed by atoms with Crippen molar-refractivity contribution >= 4 is 0 Å². The van der Waals surface area contributed by atoms with E-state index < -0.39 is 0 Å². The normalized spacial score (nSPS) is 16.3. The Morgan fingerprint density at radius 3 is 2.73 bits per heavy atom. The number of rotatable bonds is 2. The second kappa shape index (κ2) is 3.39. The maximum Gasteiger partial charge on any atom is 0.179 e. The number of aromatic nitrogens is 5. The van der Waals surface area contributed by atoms with Gasteiger partial charge in [0.25, 0.3) is 0 Å². The van der Waals surface area contributed by atoms with Crippen LogP contribution in [0.15, 0.2) is 24.7 Å². The van der Waals surface area contributed by atoms with E-state index in [1.54, 1.807) is 24.7 Å². The minimum absolute atomic E-state index is 0.381. The van der Waals surface area contributed by atoms with E-state index in [0.29, 0.717) is 11.9 Å². The summed E-state index contributed by atoms with van der Waals surface area (Å²) in [5, 5.41) is 11.2. The smallest absolute Gasteiger partial charge is 0.179 e. The zero-order chi connectivity index (χ0) is 10.1. The predicted molar refractivity (Wildman–Crippen MR) is 53.0 cm³/mol. The molecule has 0 radical (unpaired) electrons. The van der Waals surface area contributed by atoms with Gasteiger partial charge in [0.2, 0.25) is 0 Å². The Morgan fingerprint density at radius 2 is 2.07 bits per heavy atom. The average molecular weight is 202 g/mol. The van der Waals surface area contributed by atoms with Gasteiger partial charge in [-0.25, -0.2) is 14.6 Å². The molecule has 3 rings (SSSR count). The van der Waals surface area contributed by atoms with Crippen molar-refractivity contribution in [2.45, 2.75) is 6.04 Å². The minimum Gasteiger partial charge on any atom is -0.312 e. The lowest BCUT2D eigenvalue weighted by molar-refractivity contribution is 0.315. The molecule has 0 bridgehead atoms.